The maximum absolute atomic E-state index is 12.4. The Kier molecular flexibility index (Phi) is 20.6. The normalized spacial score (nSPS) is 12.6. The molecule has 0 radical (unpaired) electrons. The standard InChI is InChI=1S/C26H47NO6/c1-4-7-9-11-13-15-17-19-23(29)32-22(21-28)25(26(31)27-6-3)33-24(30)20-18-16-14-12-10-8-5-2/h21-22,25H,4-20H2,1-3H3,(H,27,31). The van der Waals surface area contributed by atoms with Crippen LogP contribution in [0.3, 0.4) is 0 Å². The highest BCUT2D eigenvalue weighted by Gasteiger charge is 2.34. The van der Waals surface area contributed by atoms with Gasteiger partial charge in [0.15, 0.2) is 6.29 Å². The minimum absolute atomic E-state index is 0.168. The second-order valence-electron chi connectivity index (χ2n) is 8.64. The minimum Gasteiger partial charge on any atom is -0.450 e. The van der Waals surface area contributed by atoms with Crippen molar-refractivity contribution in [1.82, 2.24) is 5.32 Å². The van der Waals surface area contributed by atoms with E-state index < -0.39 is 30.1 Å². The fraction of sp³-hybridized carbons (Fsp3) is 0.846. The number of nitrogens with one attached hydrogen (secondary N) is 1. The predicted octanol–water partition coefficient (Wildman–Crippen LogP) is 5.43. The Morgan fingerprint density at radius 1 is 0.667 bits per heavy atom. The van der Waals surface area contributed by atoms with Gasteiger partial charge in [0.2, 0.25) is 12.2 Å². The Bertz CT molecular complexity index is 537. The molecule has 0 fully saturated rings. The molecule has 0 aromatic rings. The van der Waals surface area contributed by atoms with Crippen molar-refractivity contribution in [3.63, 3.8) is 0 Å². The van der Waals surface area contributed by atoms with Crippen LogP contribution in [-0.4, -0.2) is 42.9 Å². The van der Waals surface area contributed by atoms with E-state index in [9.17, 15) is 19.2 Å². The number of aldehydes is 1. The van der Waals surface area contributed by atoms with Crippen molar-refractivity contribution in [2.45, 2.75) is 136 Å². The van der Waals surface area contributed by atoms with Gasteiger partial charge in [-0.15, -0.1) is 0 Å². The van der Waals surface area contributed by atoms with Crippen molar-refractivity contribution >= 4 is 24.1 Å². The Hall–Kier alpha value is -1.92. The topological polar surface area (TPSA) is 98.8 Å². The smallest absolute Gasteiger partial charge is 0.306 e. The molecule has 33 heavy (non-hydrogen) atoms. The van der Waals surface area contributed by atoms with Gasteiger partial charge in [-0.1, -0.05) is 90.9 Å². The van der Waals surface area contributed by atoms with E-state index in [2.05, 4.69) is 19.2 Å². The van der Waals surface area contributed by atoms with E-state index in [1.807, 2.05) is 0 Å². The summed E-state index contributed by atoms with van der Waals surface area (Å²) in [5.74, 6) is -1.75. The lowest BCUT2D eigenvalue weighted by Crippen LogP contribution is -2.47. The predicted molar refractivity (Wildman–Crippen MR) is 130 cm³/mol. The summed E-state index contributed by atoms with van der Waals surface area (Å²) in [6.45, 7) is 6.36. The molecule has 0 aliphatic carbocycles. The number of esters is 2. The average Bonchev–Trinajstić information content (AvgIpc) is 2.80. The van der Waals surface area contributed by atoms with Gasteiger partial charge in [0.25, 0.3) is 5.91 Å². The van der Waals surface area contributed by atoms with Crippen molar-refractivity contribution in [3.05, 3.63) is 0 Å². The molecule has 0 aliphatic rings. The molecule has 0 aliphatic heterocycles. The molecule has 7 nitrogen and oxygen atoms in total. The molecule has 192 valence electrons. The average molecular weight is 470 g/mol. The third kappa shape index (κ3) is 17.3. The molecule has 0 spiro atoms. The van der Waals surface area contributed by atoms with E-state index in [0.29, 0.717) is 25.7 Å². The molecule has 0 aromatic heterocycles. The van der Waals surface area contributed by atoms with E-state index in [1.165, 1.54) is 38.5 Å². The van der Waals surface area contributed by atoms with Crippen LogP contribution < -0.4 is 5.32 Å². The molecule has 7 heteroatoms. The third-order valence-electron chi connectivity index (χ3n) is 5.54. The lowest BCUT2D eigenvalue weighted by molar-refractivity contribution is -0.173. The zero-order chi connectivity index (χ0) is 24.7. The van der Waals surface area contributed by atoms with E-state index in [4.69, 9.17) is 9.47 Å². The first-order valence-electron chi connectivity index (χ1n) is 13.1. The van der Waals surface area contributed by atoms with Crippen molar-refractivity contribution in [2.24, 2.45) is 0 Å². The van der Waals surface area contributed by atoms with Gasteiger partial charge in [0.05, 0.1) is 0 Å². The van der Waals surface area contributed by atoms with Crippen molar-refractivity contribution in [3.8, 4) is 0 Å². The molecule has 2 unspecified atom stereocenters. The van der Waals surface area contributed by atoms with E-state index >= 15 is 0 Å². The van der Waals surface area contributed by atoms with Crippen LogP contribution in [0.15, 0.2) is 0 Å². The second-order valence-corrected chi connectivity index (χ2v) is 8.64. The van der Waals surface area contributed by atoms with E-state index in [1.54, 1.807) is 6.92 Å². The van der Waals surface area contributed by atoms with E-state index in [-0.39, 0.29) is 12.8 Å². The second kappa shape index (κ2) is 21.9. The summed E-state index contributed by atoms with van der Waals surface area (Å²) in [6.07, 6.45) is 12.6. The molecule has 2 atom stereocenters. The Morgan fingerprint density at radius 2 is 1.09 bits per heavy atom. The highest BCUT2D eigenvalue weighted by Crippen LogP contribution is 2.13. The summed E-state index contributed by atoms with van der Waals surface area (Å²) in [7, 11) is 0. The van der Waals surface area contributed by atoms with Gasteiger partial charge in [0.1, 0.15) is 0 Å². The van der Waals surface area contributed by atoms with Crippen LogP contribution in [0.4, 0.5) is 0 Å². The zero-order valence-corrected chi connectivity index (χ0v) is 21.2. The first-order chi connectivity index (χ1) is 16.0. The fourth-order valence-corrected chi connectivity index (χ4v) is 3.57. The molecular formula is C26H47NO6. The maximum atomic E-state index is 12.4. The summed E-state index contributed by atoms with van der Waals surface area (Å²) in [4.78, 5) is 48.4. The summed E-state index contributed by atoms with van der Waals surface area (Å²) in [6, 6.07) is 0. The number of ether oxygens (including phenoxy) is 2. The molecule has 1 amide bonds. The van der Waals surface area contributed by atoms with Crippen LogP contribution in [0.2, 0.25) is 0 Å². The quantitative estimate of drug-likeness (QED) is 0.129. The first-order valence-corrected chi connectivity index (χ1v) is 13.1. The number of carbonyl (C=O) groups is 4. The maximum Gasteiger partial charge on any atom is 0.306 e. The molecule has 1 N–H and O–H groups in total. The van der Waals surface area contributed by atoms with Crippen molar-refractivity contribution in [2.75, 3.05) is 6.54 Å². The molecule has 0 bridgehead atoms. The van der Waals surface area contributed by atoms with Gasteiger partial charge in [-0.05, 0) is 19.8 Å². The van der Waals surface area contributed by atoms with Crippen molar-refractivity contribution < 1.29 is 28.7 Å². The molecule has 0 aromatic carbocycles. The highest BCUT2D eigenvalue weighted by atomic mass is 16.6. The summed E-state index contributed by atoms with van der Waals surface area (Å²) >= 11 is 0. The molecule has 0 rings (SSSR count). The van der Waals surface area contributed by atoms with Crippen LogP contribution in [0.5, 0.6) is 0 Å². The Labute approximate surface area is 200 Å². The molecule has 0 saturated heterocycles. The summed E-state index contributed by atoms with van der Waals surface area (Å²) in [5.41, 5.74) is 0. The van der Waals surface area contributed by atoms with Crippen LogP contribution in [-0.2, 0) is 28.7 Å². The molecular weight excluding hydrogens is 422 g/mol. The SMILES string of the molecule is CCCCCCCCCC(=O)OC(C=O)C(OC(=O)CCCCCCCCC)C(=O)NCC. The van der Waals surface area contributed by atoms with Gasteiger partial charge >= 0.3 is 11.9 Å². The third-order valence-corrected chi connectivity index (χ3v) is 5.54. The van der Waals surface area contributed by atoms with Gasteiger partial charge in [-0.3, -0.25) is 19.2 Å². The zero-order valence-electron chi connectivity index (χ0n) is 21.2. The first kappa shape index (κ1) is 31.1. The number of amides is 1. The summed E-state index contributed by atoms with van der Waals surface area (Å²) in [5, 5.41) is 2.55. The number of carbonyl (C=O) groups excluding carboxylic acids is 4. The van der Waals surface area contributed by atoms with Gasteiger partial charge in [-0.2, -0.15) is 0 Å². The fourth-order valence-electron chi connectivity index (χ4n) is 3.57. The number of hydrogen-bond donors (Lipinski definition) is 1. The van der Waals surface area contributed by atoms with Crippen LogP contribution in [0, 0.1) is 0 Å². The largest absolute Gasteiger partial charge is 0.450 e. The van der Waals surface area contributed by atoms with Crippen LogP contribution in [0.25, 0.3) is 0 Å². The van der Waals surface area contributed by atoms with Crippen LogP contribution in [0.1, 0.15) is 124 Å². The number of likely N-dealkylation sites (N-methyl/N-ethyl adjacent to an activating group) is 1. The minimum atomic E-state index is -1.46. The number of hydrogen-bond acceptors (Lipinski definition) is 6. The van der Waals surface area contributed by atoms with Gasteiger partial charge < -0.3 is 14.8 Å². The lowest BCUT2D eigenvalue weighted by atomic mass is 10.1. The van der Waals surface area contributed by atoms with Gasteiger partial charge in [-0.25, -0.2) is 0 Å². The van der Waals surface area contributed by atoms with Crippen LogP contribution >= 0.6 is 0 Å². The lowest BCUT2D eigenvalue weighted by Gasteiger charge is -2.22. The number of unbranched alkanes of at least 4 members (excludes halogenated alkanes) is 12. The number of rotatable bonds is 22. The van der Waals surface area contributed by atoms with E-state index in [0.717, 1.165) is 38.5 Å². The van der Waals surface area contributed by atoms with Crippen molar-refractivity contribution in [1.29, 1.82) is 0 Å². The molecule has 0 heterocycles. The van der Waals surface area contributed by atoms with Gasteiger partial charge in [0, 0.05) is 19.4 Å². The Morgan fingerprint density at radius 3 is 1.52 bits per heavy atom. The highest BCUT2D eigenvalue weighted by molar-refractivity contribution is 5.88. The monoisotopic (exact) mass is 469 g/mol. The Balaban J connectivity index is 4.51. The molecule has 0 saturated carbocycles. The summed E-state index contributed by atoms with van der Waals surface area (Å²) < 4.78 is 10.5.